The number of halogens is 1. The number of hydrogen-bond acceptors (Lipinski definition) is 5. The fraction of sp³-hybridized carbons (Fsp3) is 0.273. The Kier molecular flexibility index (Phi) is 5.60. The molecule has 0 spiro atoms. The molecule has 1 saturated heterocycles. The molecule has 2 aromatic carbocycles. The van der Waals surface area contributed by atoms with E-state index >= 15 is 0 Å². The van der Waals surface area contributed by atoms with Crippen LogP contribution in [-0.2, 0) is 11.3 Å². The van der Waals surface area contributed by atoms with E-state index in [2.05, 4.69) is 9.88 Å². The zero-order valence-electron chi connectivity index (χ0n) is 15.7. The van der Waals surface area contributed by atoms with E-state index in [1.165, 1.54) is 6.07 Å². The van der Waals surface area contributed by atoms with Crippen LogP contribution in [0.4, 0.5) is 4.39 Å². The summed E-state index contributed by atoms with van der Waals surface area (Å²) in [7, 11) is 1.64. The minimum absolute atomic E-state index is 0.174. The third-order valence-electron chi connectivity index (χ3n) is 4.87. The topological polar surface area (TPSA) is 47.5 Å². The third kappa shape index (κ3) is 4.18. The first-order chi connectivity index (χ1) is 13.7. The molecule has 0 amide bonds. The van der Waals surface area contributed by atoms with Gasteiger partial charge in [0.25, 0.3) is 0 Å². The highest BCUT2D eigenvalue weighted by Gasteiger charge is 2.24. The first-order valence-electron chi connectivity index (χ1n) is 9.26. The Bertz CT molecular complexity index is 933. The Morgan fingerprint density at radius 1 is 1.14 bits per heavy atom. The largest absolute Gasteiger partial charge is 0.497 e. The fourth-order valence-electron chi connectivity index (χ4n) is 3.33. The number of nitrogens with zero attached hydrogens (tertiary/aromatic N) is 3. The Hall–Kier alpha value is -2.83. The van der Waals surface area contributed by atoms with Crippen molar-refractivity contribution < 1.29 is 13.9 Å². The lowest BCUT2D eigenvalue weighted by Crippen LogP contribution is -2.38. The van der Waals surface area contributed by atoms with Crippen molar-refractivity contribution in [3.63, 3.8) is 0 Å². The molecule has 0 radical (unpaired) electrons. The molecule has 0 aliphatic carbocycles. The predicted octanol–water partition coefficient (Wildman–Crippen LogP) is 3.86. The van der Waals surface area contributed by atoms with Gasteiger partial charge in [-0.05, 0) is 30.3 Å². The van der Waals surface area contributed by atoms with Gasteiger partial charge in [0.1, 0.15) is 17.7 Å². The molecule has 0 unspecified atom stereocenters. The van der Waals surface area contributed by atoms with Crippen molar-refractivity contribution in [1.29, 1.82) is 0 Å². The molecule has 28 heavy (non-hydrogen) atoms. The summed E-state index contributed by atoms with van der Waals surface area (Å²) in [5.74, 6) is 0.624. The van der Waals surface area contributed by atoms with Crippen LogP contribution in [0.2, 0.25) is 0 Å². The van der Waals surface area contributed by atoms with Crippen LogP contribution in [0.5, 0.6) is 5.75 Å². The van der Waals surface area contributed by atoms with Crippen molar-refractivity contribution in [2.24, 2.45) is 0 Å². The van der Waals surface area contributed by atoms with Gasteiger partial charge in [0.05, 0.1) is 37.5 Å². The van der Waals surface area contributed by atoms with Crippen molar-refractivity contribution in [3.8, 4) is 17.0 Å². The van der Waals surface area contributed by atoms with Gasteiger partial charge in [-0.25, -0.2) is 9.37 Å². The number of ether oxygens (including phenoxy) is 2. The molecule has 4 rings (SSSR count). The number of aromatic nitrogens is 2. The average Bonchev–Trinajstić information content (AvgIpc) is 2.76. The molecule has 1 aromatic heterocycles. The Labute approximate surface area is 163 Å². The fourth-order valence-corrected chi connectivity index (χ4v) is 3.33. The van der Waals surface area contributed by atoms with Gasteiger partial charge in [-0.3, -0.25) is 9.88 Å². The second-order valence-corrected chi connectivity index (χ2v) is 6.74. The molecule has 1 aliphatic rings. The van der Waals surface area contributed by atoms with E-state index in [1.54, 1.807) is 25.6 Å². The molecule has 1 fully saturated rings. The van der Waals surface area contributed by atoms with Crippen molar-refractivity contribution >= 4 is 0 Å². The maximum atomic E-state index is 14.0. The van der Waals surface area contributed by atoms with Crippen LogP contribution in [0, 0.1) is 5.82 Å². The van der Waals surface area contributed by atoms with Crippen LogP contribution in [0.1, 0.15) is 17.4 Å². The predicted molar refractivity (Wildman–Crippen MR) is 104 cm³/mol. The Balaban J connectivity index is 1.49. The van der Waals surface area contributed by atoms with Gasteiger partial charge in [0.2, 0.25) is 0 Å². The zero-order valence-corrected chi connectivity index (χ0v) is 15.7. The van der Waals surface area contributed by atoms with E-state index in [4.69, 9.17) is 14.5 Å². The number of rotatable bonds is 5. The Morgan fingerprint density at radius 3 is 2.75 bits per heavy atom. The summed E-state index contributed by atoms with van der Waals surface area (Å²) in [4.78, 5) is 11.3. The summed E-state index contributed by atoms with van der Waals surface area (Å²) in [5.41, 5.74) is 3.23. The number of benzene rings is 2. The van der Waals surface area contributed by atoms with Crippen LogP contribution in [-0.4, -0.2) is 41.7 Å². The van der Waals surface area contributed by atoms with Gasteiger partial charge in [-0.15, -0.1) is 0 Å². The highest BCUT2D eigenvalue weighted by Crippen LogP contribution is 2.25. The highest BCUT2D eigenvalue weighted by molar-refractivity contribution is 5.59. The van der Waals surface area contributed by atoms with E-state index in [0.717, 1.165) is 29.2 Å². The molecule has 144 valence electrons. The molecular weight excluding hydrogens is 357 g/mol. The van der Waals surface area contributed by atoms with Crippen LogP contribution >= 0.6 is 0 Å². The lowest BCUT2D eigenvalue weighted by atomic mass is 10.1. The molecular formula is C22H22FN3O2. The monoisotopic (exact) mass is 379 g/mol. The SMILES string of the molecule is COc1ccc(-c2cncc([C@H]3CN(Cc4ccccc4F)CCO3)n2)cc1. The molecule has 1 atom stereocenters. The van der Waals surface area contributed by atoms with E-state index in [1.807, 2.05) is 36.4 Å². The third-order valence-corrected chi connectivity index (χ3v) is 4.87. The van der Waals surface area contributed by atoms with Gasteiger partial charge in [0.15, 0.2) is 0 Å². The van der Waals surface area contributed by atoms with Crippen LogP contribution in [0.15, 0.2) is 60.9 Å². The summed E-state index contributed by atoms with van der Waals surface area (Å²) in [6, 6.07) is 14.6. The molecule has 0 N–H and O–H groups in total. The first kappa shape index (κ1) is 18.5. The van der Waals surface area contributed by atoms with Gasteiger partial charge in [0, 0.05) is 30.8 Å². The number of methoxy groups -OCH3 is 1. The highest BCUT2D eigenvalue weighted by atomic mass is 19.1. The molecule has 0 bridgehead atoms. The first-order valence-corrected chi connectivity index (χ1v) is 9.26. The van der Waals surface area contributed by atoms with E-state index < -0.39 is 0 Å². The average molecular weight is 379 g/mol. The molecule has 0 saturated carbocycles. The number of hydrogen-bond donors (Lipinski definition) is 0. The molecule has 1 aliphatic heterocycles. The smallest absolute Gasteiger partial charge is 0.127 e. The summed E-state index contributed by atoms with van der Waals surface area (Å²) >= 11 is 0. The van der Waals surface area contributed by atoms with Gasteiger partial charge in [-0.2, -0.15) is 0 Å². The van der Waals surface area contributed by atoms with E-state index in [0.29, 0.717) is 25.3 Å². The molecule has 3 aromatic rings. The molecule has 2 heterocycles. The van der Waals surface area contributed by atoms with E-state index in [9.17, 15) is 4.39 Å². The summed E-state index contributed by atoms with van der Waals surface area (Å²) in [6.07, 6.45) is 3.29. The quantitative estimate of drug-likeness (QED) is 0.674. The zero-order chi connectivity index (χ0) is 19.3. The minimum atomic E-state index is -0.189. The maximum Gasteiger partial charge on any atom is 0.127 e. The van der Waals surface area contributed by atoms with Gasteiger partial charge in [-0.1, -0.05) is 18.2 Å². The molecule has 6 heteroatoms. The lowest BCUT2D eigenvalue weighted by molar-refractivity contribution is -0.0353. The van der Waals surface area contributed by atoms with Crippen molar-refractivity contribution in [2.45, 2.75) is 12.6 Å². The van der Waals surface area contributed by atoms with Crippen LogP contribution < -0.4 is 4.74 Å². The van der Waals surface area contributed by atoms with Gasteiger partial charge < -0.3 is 9.47 Å². The number of morpholine rings is 1. The minimum Gasteiger partial charge on any atom is -0.497 e. The standard InChI is InChI=1S/C22H22FN3O2/c1-27-18-8-6-16(7-9-18)20-12-24-13-21(25-20)22-15-26(10-11-28-22)14-17-4-2-3-5-19(17)23/h2-9,12-13,22H,10-11,14-15H2,1H3/t22-/m1/s1. The summed E-state index contributed by atoms with van der Waals surface area (Å²) < 4.78 is 25.1. The second kappa shape index (κ2) is 8.46. The van der Waals surface area contributed by atoms with Crippen LogP contribution in [0.25, 0.3) is 11.3 Å². The van der Waals surface area contributed by atoms with E-state index in [-0.39, 0.29) is 11.9 Å². The lowest BCUT2D eigenvalue weighted by Gasteiger charge is -2.32. The Morgan fingerprint density at radius 2 is 1.96 bits per heavy atom. The van der Waals surface area contributed by atoms with Crippen molar-refractivity contribution in [3.05, 3.63) is 78.0 Å². The van der Waals surface area contributed by atoms with Crippen LogP contribution in [0.3, 0.4) is 0 Å². The molecule has 5 nitrogen and oxygen atoms in total. The van der Waals surface area contributed by atoms with Crippen molar-refractivity contribution in [2.75, 3.05) is 26.8 Å². The van der Waals surface area contributed by atoms with Gasteiger partial charge >= 0.3 is 0 Å². The summed E-state index contributed by atoms with van der Waals surface area (Å²) in [6.45, 7) is 2.54. The van der Waals surface area contributed by atoms with Crippen molar-refractivity contribution in [1.82, 2.24) is 14.9 Å². The normalized spacial score (nSPS) is 17.4. The summed E-state index contributed by atoms with van der Waals surface area (Å²) in [5, 5.41) is 0. The second-order valence-electron chi connectivity index (χ2n) is 6.74. The maximum absolute atomic E-state index is 14.0.